The molecule has 0 N–H and O–H groups in total. The Kier molecular flexibility index (Phi) is 8.53. The van der Waals surface area contributed by atoms with Gasteiger partial charge in [-0.25, -0.2) is 0 Å². The van der Waals surface area contributed by atoms with Crippen molar-refractivity contribution in [2.45, 2.75) is 66.2 Å². The van der Waals surface area contributed by atoms with Gasteiger partial charge in [0.05, 0.1) is 11.4 Å². The van der Waals surface area contributed by atoms with Crippen LogP contribution in [0.2, 0.25) is 0 Å². The standard InChI is InChI=1S/C64H52N2O2/c1-37-17-25-41(26-18-37)65(42-27-19-38(2)20-28-42)51-35-49-55(57-45-13-9-11-15-53(45)67-61(51)57)47-33-34-48-56-50(64(7,8)60(48)59(47)63(49,5)6)36-52(62-58(56)46-14-10-12-16-54(46)68-62)66(43-29-21-39(3)22-30-43)44-31-23-40(4)24-32-44/h9-36H,1-8H3. The van der Waals surface area contributed by atoms with Gasteiger partial charge in [0.25, 0.3) is 0 Å². The zero-order valence-corrected chi connectivity index (χ0v) is 39.9. The molecule has 0 atom stereocenters. The summed E-state index contributed by atoms with van der Waals surface area (Å²) in [5.74, 6) is 0. The summed E-state index contributed by atoms with van der Waals surface area (Å²) >= 11 is 0. The van der Waals surface area contributed by atoms with Gasteiger partial charge in [0.2, 0.25) is 0 Å². The maximum atomic E-state index is 7.09. The van der Waals surface area contributed by atoms with E-state index in [9.17, 15) is 0 Å². The maximum absolute atomic E-state index is 7.09. The van der Waals surface area contributed by atoms with Crippen LogP contribution in [0, 0.1) is 27.7 Å². The fourth-order valence-electron chi connectivity index (χ4n) is 11.9. The number of hydrogen-bond donors (Lipinski definition) is 0. The van der Waals surface area contributed by atoms with Gasteiger partial charge in [-0.15, -0.1) is 0 Å². The maximum Gasteiger partial charge on any atom is 0.160 e. The van der Waals surface area contributed by atoms with Crippen LogP contribution in [0.4, 0.5) is 34.1 Å². The highest BCUT2D eigenvalue weighted by Gasteiger charge is 2.48. The summed E-state index contributed by atoms with van der Waals surface area (Å²) in [5, 5.41) is 4.58. The van der Waals surface area contributed by atoms with Crippen LogP contribution in [0.3, 0.4) is 0 Å². The largest absolute Gasteiger partial charge is 0.454 e. The van der Waals surface area contributed by atoms with E-state index in [1.54, 1.807) is 0 Å². The molecule has 0 amide bonds. The second-order valence-corrected chi connectivity index (χ2v) is 20.4. The lowest BCUT2D eigenvalue weighted by Crippen LogP contribution is -2.24. The van der Waals surface area contributed by atoms with Gasteiger partial charge in [-0.2, -0.15) is 0 Å². The van der Waals surface area contributed by atoms with Crippen molar-refractivity contribution in [3.05, 3.63) is 214 Å². The third kappa shape index (κ3) is 5.67. The van der Waals surface area contributed by atoms with Crippen molar-refractivity contribution in [3.8, 4) is 22.3 Å². The highest BCUT2D eigenvalue weighted by Crippen LogP contribution is 2.64. The second-order valence-electron chi connectivity index (χ2n) is 20.4. The Balaban J connectivity index is 1.10. The van der Waals surface area contributed by atoms with E-state index in [1.807, 2.05) is 0 Å². The first kappa shape index (κ1) is 40.5. The molecule has 2 heterocycles. The third-order valence-electron chi connectivity index (χ3n) is 15.2. The molecule has 0 bridgehead atoms. The predicted octanol–water partition coefficient (Wildman–Crippen LogP) is 18.3. The number of anilines is 6. The highest BCUT2D eigenvalue weighted by molar-refractivity contribution is 6.22. The predicted molar refractivity (Wildman–Crippen MR) is 284 cm³/mol. The highest BCUT2D eigenvalue weighted by atomic mass is 16.3. The molecule has 2 aliphatic rings. The first-order chi connectivity index (χ1) is 32.9. The summed E-state index contributed by atoms with van der Waals surface area (Å²) < 4.78 is 14.2. The number of para-hydroxylation sites is 2. The Morgan fingerprint density at radius 1 is 0.368 bits per heavy atom. The summed E-state index contributed by atoms with van der Waals surface area (Å²) in [5.41, 5.74) is 24.5. The molecule has 0 aliphatic heterocycles. The normalized spacial score (nSPS) is 14.1. The molecule has 330 valence electrons. The minimum Gasteiger partial charge on any atom is -0.454 e. The van der Waals surface area contributed by atoms with Crippen LogP contribution < -0.4 is 9.80 Å². The SMILES string of the molecule is Cc1ccc(N(c2ccc(C)cc2)c2cc3c(c4c2oc2ccccc24)-c2ccc4c(c2C3(C)C)C(C)(C)c2cc(N(c3ccc(C)cc3)c3ccc(C)cc3)c3oc5ccccc5c3c2-4)cc1. The number of aryl methyl sites for hydroxylation is 4. The monoisotopic (exact) mass is 880 g/mol. The van der Waals surface area contributed by atoms with Gasteiger partial charge in [-0.3, -0.25) is 0 Å². The number of fused-ring (bicyclic) bond motifs is 15. The van der Waals surface area contributed by atoms with Crippen LogP contribution in [-0.2, 0) is 10.8 Å². The van der Waals surface area contributed by atoms with Crippen molar-refractivity contribution in [2.24, 2.45) is 0 Å². The molecule has 68 heavy (non-hydrogen) atoms. The van der Waals surface area contributed by atoms with E-state index in [4.69, 9.17) is 8.83 Å². The lowest BCUT2D eigenvalue weighted by atomic mass is 9.72. The molecule has 9 aromatic carbocycles. The van der Waals surface area contributed by atoms with E-state index in [1.165, 1.54) is 66.8 Å². The molecule has 0 radical (unpaired) electrons. The molecule has 4 heteroatoms. The molecule has 0 spiro atoms. The molecule has 0 fully saturated rings. The molecular weight excluding hydrogens is 829 g/mol. The Morgan fingerprint density at radius 2 is 0.676 bits per heavy atom. The average molecular weight is 881 g/mol. The van der Waals surface area contributed by atoms with Crippen LogP contribution in [0.5, 0.6) is 0 Å². The average Bonchev–Trinajstić information content (AvgIpc) is 4.04. The molecule has 0 saturated heterocycles. The van der Waals surface area contributed by atoms with Crippen LogP contribution in [-0.4, -0.2) is 0 Å². The van der Waals surface area contributed by atoms with Gasteiger partial charge in [0.15, 0.2) is 11.2 Å². The number of rotatable bonds is 6. The van der Waals surface area contributed by atoms with E-state index in [0.29, 0.717) is 0 Å². The Morgan fingerprint density at radius 3 is 1.00 bits per heavy atom. The van der Waals surface area contributed by atoms with Crippen molar-refractivity contribution >= 4 is 78.0 Å². The minimum atomic E-state index is -0.390. The summed E-state index contributed by atoms with van der Waals surface area (Å²) in [6.45, 7) is 18.4. The Hall–Kier alpha value is -7.82. The van der Waals surface area contributed by atoms with Gasteiger partial charge in [-0.1, -0.05) is 147 Å². The molecular formula is C64H52N2O2. The van der Waals surface area contributed by atoms with Gasteiger partial charge < -0.3 is 18.6 Å². The van der Waals surface area contributed by atoms with Crippen LogP contribution in [0.1, 0.15) is 72.2 Å². The summed E-state index contributed by atoms with van der Waals surface area (Å²) in [4.78, 5) is 4.78. The van der Waals surface area contributed by atoms with E-state index in [-0.39, 0.29) is 10.8 Å². The number of benzene rings is 9. The van der Waals surface area contributed by atoms with Gasteiger partial charge in [0.1, 0.15) is 11.2 Å². The molecule has 2 aromatic heterocycles. The quantitative estimate of drug-likeness (QED) is 0.167. The molecule has 4 nitrogen and oxygen atoms in total. The van der Waals surface area contributed by atoms with Crippen molar-refractivity contribution < 1.29 is 8.83 Å². The topological polar surface area (TPSA) is 32.8 Å². The van der Waals surface area contributed by atoms with Gasteiger partial charge in [0, 0.05) is 55.1 Å². The van der Waals surface area contributed by atoms with E-state index >= 15 is 0 Å². The number of nitrogens with zero attached hydrogens (tertiary/aromatic N) is 2. The Bertz CT molecular complexity index is 3520. The molecule has 11 aromatic rings. The fourth-order valence-corrected chi connectivity index (χ4v) is 11.9. The lowest BCUT2D eigenvalue weighted by Gasteiger charge is -2.32. The summed E-state index contributed by atoms with van der Waals surface area (Å²) in [6.07, 6.45) is 0. The zero-order valence-electron chi connectivity index (χ0n) is 39.9. The third-order valence-corrected chi connectivity index (χ3v) is 15.2. The van der Waals surface area contributed by atoms with Crippen molar-refractivity contribution in [1.29, 1.82) is 0 Å². The first-order valence-electron chi connectivity index (χ1n) is 23.9. The minimum absolute atomic E-state index is 0.390. The van der Waals surface area contributed by atoms with E-state index in [2.05, 4.69) is 235 Å². The molecule has 13 rings (SSSR count). The second kappa shape index (κ2) is 14.3. The fraction of sp³-hybridized carbons (Fsp3) is 0.156. The Labute approximate surface area is 397 Å². The van der Waals surface area contributed by atoms with Gasteiger partial charge >= 0.3 is 0 Å². The van der Waals surface area contributed by atoms with Gasteiger partial charge in [-0.05, 0) is 145 Å². The van der Waals surface area contributed by atoms with E-state index < -0.39 is 0 Å². The van der Waals surface area contributed by atoms with Crippen LogP contribution in [0.25, 0.3) is 66.1 Å². The van der Waals surface area contributed by atoms with Crippen molar-refractivity contribution in [1.82, 2.24) is 0 Å². The van der Waals surface area contributed by atoms with E-state index in [0.717, 1.165) is 78.0 Å². The van der Waals surface area contributed by atoms with Crippen LogP contribution >= 0.6 is 0 Å². The molecule has 2 aliphatic carbocycles. The summed E-state index contributed by atoms with van der Waals surface area (Å²) in [6, 6.07) is 62.4. The summed E-state index contributed by atoms with van der Waals surface area (Å²) in [7, 11) is 0. The molecule has 0 saturated carbocycles. The zero-order chi connectivity index (χ0) is 46.4. The molecule has 0 unspecified atom stereocenters. The van der Waals surface area contributed by atoms with Crippen molar-refractivity contribution in [2.75, 3.05) is 9.80 Å². The first-order valence-corrected chi connectivity index (χ1v) is 23.9. The lowest BCUT2D eigenvalue weighted by molar-refractivity contribution is 0.601. The van der Waals surface area contributed by atoms with Crippen molar-refractivity contribution in [3.63, 3.8) is 0 Å². The van der Waals surface area contributed by atoms with Crippen LogP contribution in [0.15, 0.2) is 179 Å². The number of hydrogen-bond acceptors (Lipinski definition) is 4. The number of furan rings is 2. The smallest absolute Gasteiger partial charge is 0.160 e.